The van der Waals surface area contributed by atoms with E-state index in [1.165, 1.54) is 4.90 Å². The van der Waals surface area contributed by atoms with Gasteiger partial charge in [-0.2, -0.15) is 0 Å². The molecule has 2 rings (SSSR count). The summed E-state index contributed by atoms with van der Waals surface area (Å²) in [5, 5.41) is 10.2. The van der Waals surface area contributed by atoms with Gasteiger partial charge in [0.2, 0.25) is 0 Å². The third kappa shape index (κ3) is 5.00. The van der Waals surface area contributed by atoms with Crippen LogP contribution in [0.5, 0.6) is 11.5 Å². The van der Waals surface area contributed by atoms with Crippen LogP contribution in [0.15, 0.2) is 54.6 Å². The van der Waals surface area contributed by atoms with Gasteiger partial charge >= 0.3 is 0 Å². The number of hydrogen-bond acceptors (Lipinski definition) is 4. The molecular weight excluding hydrogens is 294 g/mol. The van der Waals surface area contributed by atoms with Crippen molar-refractivity contribution in [2.45, 2.75) is 6.10 Å². The highest BCUT2D eigenvalue weighted by Gasteiger charge is 2.15. The van der Waals surface area contributed by atoms with Gasteiger partial charge in [0.05, 0.1) is 19.8 Å². The molecule has 1 unspecified atom stereocenters. The minimum Gasteiger partial charge on any atom is -0.497 e. The van der Waals surface area contributed by atoms with E-state index in [1.807, 2.05) is 18.2 Å². The summed E-state index contributed by atoms with van der Waals surface area (Å²) >= 11 is 0. The van der Waals surface area contributed by atoms with E-state index in [-0.39, 0.29) is 19.1 Å². The van der Waals surface area contributed by atoms with E-state index in [2.05, 4.69) is 0 Å². The molecule has 0 aliphatic carbocycles. The SMILES string of the molecule is COc1ccc(C(O)CN(C)C(=O)COc2ccccc2)cc1. The highest BCUT2D eigenvalue weighted by Crippen LogP contribution is 2.18. The van der Waals surface area contributed by atoms with Gasteiger partial charge in [-0.05, 0) is 29.8 Å². The van der Waals surface area contributed by atoms with Crippen LogP contribution in [0, 0.1) is 0 Å². The van der Waals surface area contributed by atoms with Gasteiger partial charge < -0.3 is 19.5 Å². The molecule has 1 N–H and O–H groups in total. The number of carbonyl (C=O) groups is 1. The van der Waals surface area contributed by atoms with Gasteiger partial charge in [-0.15, -0.1) is 0 Å². The number of methoxy groups -OCH3 is 1. The molecule has 1 atom stereocenters. The first-order valence-electron chi connectivity index (χ1n) is 7.34. The number of ether oxygens (including phenoxy) is 2. The van der Waals surface area contributed by atoms with Crippen LogP contribution >= 0.6 is 0 Å². The number of likely N-dealkylation sites (N-methyl/N-ethyl adjacent to an activating group) is 1. The fourth-order valence-corrected chi connectivity index (χ4v) is 2.06. The van der Waals surface area contributed by atoms with Crippen LogP contribution in [0.3, 0.4) is 0 Å². The van der Waals surface area contributed by atoms with Crippen molar-refractivity contribution in [1.29, 1.82) is 0 Å². The average molecular weight is 315 g/mol. The lowest BCUT2D eigenvalue weighted by Crippen LogP contribution is -2.34. The van der Waals surface area contributed by atoms with Crippen molar-refractivity contribution in [2.75, 3.05) is 27.3 Å². The molecule has 0 saturated carbocycles. The Morgan fingerprint density at radius 3 is 2.35 bits per heavy atom. The number of aliphatic hydroxyl groups excluding tert-OH is 1. The number of hydrogen-bond donors (Lipinski definition) is 1. The first-order chi connectivity index (χ1) is 11.1. The van der Waals surface area contributed by atoms with E-state index < -0.39 is 6.10 Å². The number of aliphatic hydroxyl groups is 1. The van der Waals surface area contributed by atoms with E-state index in [0.29, 0.717) is 5.75 Å². The monoisotopic (exact) mass is 315 g/mol. The number of nitrogens with zero attached hydrogens (tertiary/aromatic N) is 1. The lowest BCUT2D eigenvalue weighted by molar-refractivity contribution is -0.133. The third-order valence-electron chi connectivity index (χ3n) is 3.48. The normalized spacial score (nSPS) is 11.6. The zero-order valence-electron chi connectivity index (χ0n) is 13.3. The summed E-state index contributed by atoms with van der Waals surface area (Å²) in [7, 11) is 3.23. The van der Waals surface area contributed by atoms with Crippen LogP contribution in [0.4, 0.5) is 0 Å². The Morgan fingerprint density at radius 1 is 1.09 bits per heavy atom. The summed E-state index contributed by atoms with van der Waals surface area (Å²) in [5.74, 6) is 1.17. The minimum absolute atomic E-state index is 0.0597. The van der Waals surface area contributed by atoms with Gasteiger partial charge in [0.25, 0.3) is 5.91 Å². The molecule has 2 aromatic carbocycles. The molecule has 0 aliphatic heterocycles. The lowest BCUT2D eigenvalue weighted by Gasteiger charge is -2.21. The molecule has 0 bridgehead atoms. The fraction of sp³-hybridized carbons (Fsp3) is 0.278. The number of para-hydroxylation sites is 1. The molecule has 0 spiro atoms. The molecule has 1 amide bonds. The van der Waals surface area contributed by atoms with E-state index in [0.717, 1.165) is 11.3 Å². The first-order valence-corrected chi connectivity index (χ1v) is 7.34. The maximum absolute atomic E-state index is 12.1. The van der Waals surface area contributed by atoms with Gasteiger partial charge in [0.1, 0.15) is 11.5 Å². The summed E-state index contributed by atoms with van der Waals surface area (Å²) in [6.45, 7) is 0.138. The number of amides is 1. The predicted molar refractivity (Wildman–Crippen MR) is 87.5 cm³/mol. The smallest absolute Gasteiger partial charge is 0.260 e. The Bertz CT molecular complexity index is 613. The van der Waals surface area contributed by atoms with Gasteiger partial charge in [0.15, 0.2) is 6.61 Å². The van der Waals surface area contributed by atoms with Crippen LogP contribution in [0.25, 0.3) is 0 Å². The summed E-state index contributed by atoms with van der Waals surface area (Å²) < 4.78 is 10.5. The van der Waals surface area contributed by atoms with Crippen molar-refractivity contribution < 1.29 is 19.4 Å². The van der Waals surface area contributed by atoms with Crippen molar-refractivity contribution in [1.82, 2.24) is 4.90 Å². The van der Waals surface area contributed by atoms with Gasteiger partial charge in [-0.3, -0.25) is 4.79 Å². The van der Waals surface area contributed by atoms with E-state index >= 15 is 0 Å². The highest BCUT2D eigenvalue weighted by molar-refractivity contribution is 5.77. The molecule has 5 nitrogen and oxygen atoms in total. The molecular formula is C18H21NO4. The Kier molecular flexibility index (Phi) is 6.00. The molecule has 0 fully saturated rings. The highest BCUT2D eigenvalue weighted by atomic mass is 16.5. The van der Waals surface area contributed by atoms with Crippen molar-refractivity contribution in [3.63, 3.8) is 0 Å². The molecule has 0 aliphatic rings. The zero-order chi connectivity index (χ0) is 16.7. The van der Waals surface area contributed by atoms with Gasteiger partial charge in [0, 0.05) is 7.05 Å². The Labute approximate surface area is 136 Å². The first kappa shape index (κ1) is 16.8. The van der Waals surface area contributed by atoms with Crippen molar-refractivity contribution >= 4 is 5.91 Å². The Hall–Kier alpha value is -2.53. The molecule has 0 aromatic heterocycles. The van der Waals surface area contributed by atoms with Crippen molar-refractivity contribution in [2.24, 2.45) is 0 Å². The van der Waals surface area contributed by atoms with E-state index in [1.54, 1.807) is 50.6 Å². The maximum Gasteiger partial charge on any atom is 0.260 e. The van der Waals surface area contributed by atoms with Crippen LogP contribution < -0.4 is 9.47 Å². The second-order valence-electron chi connectivity index (χ2n) is 5.16. The van der Waals surface area contributed by atoms with E-state index in [9.17, 15) is 9.90 Å². The molecule has 0 saturated heterocycles. The number of carbonyl (C=O) groups excluding carboxylic acids is 1. The largest absolute Gasteiger partial charge is 0.497 e. The fourth-order valence-electron chi connectivity index (χ4n) is 2.06. The molecule has 23 heavy (non-hydrogen) atoms. The van der Waals surface area contributed by atoms with Gasteiger partial charge in [-0.25, -0.2) is 0 Å². The standard InChI is InChI=1S/C18H21NO4/c1-19(18(21)13-23-16-6-4-3-5-7-16)12-17(20)14-8-10-15(22-2)11-9-14/h3-11,17,20H,12-13H2,1-2H3. The predicted octanol–water partition coefficient (Wildman–Crippen LogP) is 2.27. The second-order valence-corrected chi connectivity index (χ2v) is 5.16. The quantitative estimate of drug-likeness (QED) is 0.851. The second kappa shape index (κ2) is 8.19. The van der Waals surface area contributed by atoms with Crippen LogP contribution in [-0.2, 0) is 4.79 Å². The van der Waals surface area contributed by atoms with Gasteiger partial charge in [-0.1, -0.05) is 30.3 Å². The number of rotatable bonds is 7. The Morgan fingerprint density at radius 2 is 1.74 bits per heavy atom. The third-order valence-corrected chi connectivity index (χ3v) is 3.48. The topological polar surface area (TPSA) is 59.0 Å². The summed E-state index contributed by atoms with van der Waals surface area (Å²) in [6.07, 6.45) is -0.758. The maximum atomic E-state index is 12.1. The molecule has 0 radical (unpaired) electrons. The minimum atomic E-state index is -0.758. The summed E-state index contributed by atoms with van der Waals surface area (Å²) in [4.78, 5) is 13.5. The average Bonchev–Trinajstić information content (AvgIpc) is 2.60. The molecule has 2 aromatic rings. The zero-order valence-corrected chi connectivity index (χ0v) is 13.3. The lowest BCUT2D eigenvalue weighted by atomic mass is 10.1. The van der Waals surface area contributed by atoms with Crippen molar-refractivity contribution in [3.05, 3.63) is 60.2 Å². The summed E-state index contributed by atoms with van der Waals surface area (Å²) in [5.41, 5.74) is 0.731. The van der Waals surface area contributed by atoms with Crippen LogP contribution in [0.1, 0.15) is 11.7 Å². The van der Waals surface area contributed by atoms with Crippen molar-refractivity contribution in [3.8, 4) is 11.5 Å². The number of benzene rings is 2. The molecule has 5 heteroatoms. The molecule has 0 heterocycles. The van der Waals surface area contributed by atoms with E-state index in [4.69, 9.17) is 9.47 Å². The summed E-state index contributed by atoms with van der Waals surface area (Å²) in [6, 6.07) is 16.3. The Balaban J connectivity index is 1.84. The molecule has 122 valence electrons. The van der Waals surface area contributed by atoms with Crippen LogP contribution in [-0.4, -0.2) is 43.2 Å². The van der Waals surface area contributed by atoms with Crippen LogP contribution in [0.2, 0.25) is 0 Å².